The van der Waals surface area contributed by atoms with Gasteiger partial charge >= 0.3 is 0 Å². The number of carbonyl (C=O) groups excluding carboxylic acids is 1. The molecule has 0 aromatic heterocycles. The van der Waals surface area contributed by atoms with Crippen molar-refractivity contribution in [1.82, 2.24) is 0 Å². The summed E-state index contributed by atoms with van der Waals surface area (Å²) in [6, 6.07) is 10.6. The van der Waals surface area contributed by atoms with Gasteiger partial charge in [0.1, 0.15) is 5.78 Å². The third-order valence-electron chi connectivity index (χ3n) is 6.89. The van der Waals surface area contributed by atoms with E-state index in [9.17, 15) is 9.90 Å². The van der Waals surface area contributed by atoms with Gasteiger partial charge in [-0.05, 0) is 42.1 Å². The summed E-state index contributed by atoms with van der Waals surface area (Å²) in [6.45, 7) is 6.73. The normalized spacial score (nSPS) is 29.8. The number of carbonyl (C=O) groups is 1. The van der Waals surface area contributed by atoms with Gasteiger partial charge in [0.25, 0.3) is 0 Å². The first-order valence-electron chi connectivity index (χ1n) is 9.77. The molecule has 3 heteroatoms. The molecule has 0 radical (unpaired) electrons. The van der Waals surface area contributed by atoms with Gasteiger partial charge in [-0.2, -0.15) is 11.8 Å². The van der Waals surface area contributed by atoms with Crippen LogP contribution in [-0.4, -0.2) is 22.7 Å². The minimum absolute atomic E-state index is 0.125. The van der Waals surface area contributed by atoms with E-state index in [0.29, 0.717) is 11.0 Å². The molecule has 2 aliphatic carbocycles. The van der Waals surface area contributed by atoms with Crippen molar-refractivity contribution in [3.63, 3.8) is 0 Å². The van der Waals surface area contributed by atoms with E-state index in [2.05, 4.69) is 45.0 Å². The largest absolute Gasteiger partial charge is 0.393 e. The molecule has 2 nitrogen and oxygen atoms in total. The lowest BCUT2D eigenvalue weighted by atomic mass is 9.71. The lowest BCUT2D eigenvalue weighted by Crippen LogP contribution is -2.33. The topological polar surface area (TPSA) is 37.3 Å². The van der Waals surface area contributed by atoms with Crippen LogP contribution in [0.15, 0.2) is 30.3 Å². The molecule has 0 heterocycles. The molecule has 1 aromatic carbocycles. The number of aliphatic hydroxyl groups excluding tert-OH is 1. The molecule has 138 valence electrons. The van der Waals surface area contributed by atoms with Crippen molar-refractivity contribution >= 4 is 17.5 Å². The Balaban J connectivity index is 1.74. The molecule has 0 spiro atoms. The Morgan fingerprint density at radius 3 is 2.56 bits per heavy atom. The first kappa shape index (κ1) is 19.0. The number of hydrogen-bond donors (Lipinski definition) is 1. The minimum atomic E-state index is -0.241. The third-order valence-corrected chi connectivity index (χ3v) is 8.48. The van der Waals surface area contributed by atoms with Crippen molar-refractivity contribution in [3.8, 4) is 0 Å². The molecule has 1 N–H and O–H groups in total. The summed E-state index contributed by atoms with van der Waals surface area (Å²) in [7, 11) is 0. The van der Waals surface area contributed by atoms with E-state index >= 15 is 0 Å². The smallest absolute Gasteiger partial charge is 0.137 e. The second-order valence-electron chi connectivity index (χ2n) is 8.62. The average molecular weight is 361 g/mol. The van der Waals surface area contributed by atoms with Crippen LogP contribution in [0.25, 0.3) is 0 Å². The predicted octanol–water partition coefficient (Wildman–Crippen LogP) is 5.41. The SMILES string of the molecule is CCC[C@H](O)C[C@H](SC[C@]12CC[C@H](C(=O)C1)C2(C)C)c1ccccc1. The standard InChI is InChI=1S/C22H32O2S/c1-4-8-17(23)13-20(16-9-6-5-7-10-16)25-15-22-12-11-18(19(24)14-22)21(22,2)3/h5-7,9-10,17-18,20,23H,4,8,11-15H2,1-3H3/t17-,18+,20-,22-/m0/s1. The molecule has 25 heavy (non-hydrogen) atoms. The van der Waals surface area contributed by atoms with Crippen molar-refractivity contribution in [1.29, 1.82) is 0 Å². The van der Waals surface area contributed by atoms with Gasteiger partial charge in [-0.1, -0.05) is 57.5 Å². The number of fused-ring (bicyclic) bond motifs is 2. The van der Waals surface area contributed by atoms with Crippen molar-refractivity contribution < 1.29 is 9.90 Å². The van der Waals surface area contributed by atoms with Gasteiger partial charge in [-0.3, -0.25) is 4.79 Å². The van der Waals surface area contributed by atoms with Crippen LogP contribution in [0.5, 0.6) is 0 Å². The van der Waals surface area contributed by atoms with Crippen molar-refractivity contribution in [3.05, 3.63) is 35.9 Å². The lowest BCUT2D eigenvalue weighted by Gasteiger charge is -2.38. The maximum Gasteiger partial charge on any atom is 0.137 e. The van der Waals surface area contributed by atoms with Crippen LogP contribution in [0.3, 0.4) is 0 Å². The molecule has 2 saturated carbocycles. The molecule has 1 aromatic rings. The molecular weight excluding hydrogens is 328 g/mol. The highest BCUT2D eigenvalue weighted by Crippen LogP contribution is 2.65. The fraction of sp³-hybridized carbons (Fsp3) is 0.682. The number of rotatable bonds is 8. The summed E-state index contributed by atoms with van der Waals surface area (Å²) in [5.41, 5.74) is 1.58. The number of benzene rings is 1. The summed E-state index contributed by atoms with van der Waals surface area (Å²) >= 11 is 1.97. The molecule has 0 unspecified atom stereocenters. The Kier molecular flexibility index (Phi) is 5.65. The predicted molar refractivity (Wildman–Crippen MR) is 106 cm³/mol. The molecule has 0 saturated heterocycles. The second kappa shape index (κ2) is 7.44. The highest BCUT2D eigenvalue weighted by molar-refractivity contribution is 7.99. The number of Topliss-reactive ketones (excluding diaryl/α,β-unsaturated/α-hetero) is 1. The summed E-state index contributed by atoms with van der Waals surface area (Å²) in [5.74, 6) is 1.79. The van der Waals surface area contributed by atoms with Gasteiger partial charge in [-0.25, -0.2) is 0 Å². The van der Waals surface area contributed by atoms with Crippen molar-refractivity contribution in [2.24, 2.45) is 16.7 Å². The molecule has 0 aliphatic heterocycles. The summed E-state index contributed by atoms with van der Waals surface area (Å²) in [5, 5.41) is 10.7. The fourth-order valence-electron chi connectivity index (χ4n) is 5.05. The van der Waals surface area contributed by atoms with Crippen LogP contribution in [0, 0.1) is 16.7 Å². The van der Waals surface area contributed by atoms with Crippen LogP contribution < -0.4 is 0 Å². The van der Waals surface area contributed by atoms with E-state index in [1.807, 2.05) is 17.8 Å². The Bertz CT molecular complexity index is 597. The van der Waals surface area contributed by atoms with Gasteiger partial charge in [-0.15, -0.1) is 0 Å². The number of aliphatic hydroxyl groups is 1. The third kappa shape index (κ3) is 3.55. The highest BCUT2D eigenvalue weighted by Gasteiger charge is 2.62. The Hall–Kier alpha value is -0.800. The van der Waals surface area contributed by atoms with E-state index in [1.165, 1.54) is 12.0 Å². The fourth-order valence-corrected chi connectivity index (χ4v) is 6.89. The first-order chi connectivity index (χ1) is 11.9. The van der Waals surface area contributed by atoms with Crippen molar-refractivity contribution in [2.45, 2.75) is 70.7 Å². The van der Waals surface area contributed by atoms with Crippen molar-refractivity contribution in [2.75, 3.05) is 5.75 Å². The maximum atomic E-state index is 12.4. The summed E-state index contributed by atoms with van der Waals surface area (Å²) < 4.78 is 0. The van der Waals surface area contributed by atoms with Crippen LogP contribution in [0.4, 0.5) is 0 Å². The molecule has 3 rings (SSSR count). The molecule has 0 amide bonds. The van der Waals surface area contributed by atoms with Gasteiger partial charge in [0.15, 0.2) is 0 Å². The molecule has 2 aliphatic rings. The van der Waals surface area contributed by atoms with Crippen LogP contribution >= 0.6 is 11.8 Å². The van der Waals surface area contributed by atoms with Crippen LogP contribution in [0.1, 0.15) is 70.1 Å². The second-order valence-corrected chi connectivity index (χ2v) is 9.82. The van der Waals surface area contributed by atoms with E-state index in [0.717, 1.165) is 37.9 Å². The quantitative estimate of drug-likeness (QED) is 0.674. The van der Waals surface area contributed by atoms with Gasteiger partial charge in [0.05, 0.1) is 6.10 Å². The van der Waals surface area contributed by atoms with Crippen LogP contribution in [0.2, 0.25) is 0 Å². The average Bonchev–Trinajstić information content (AvgIpc) is 2.94. The zero-order chi connectivity index (χ0) is 18.1. The lowest BCUT2D eigenvalue weighted by molar-refractivity contribution is -0.122. The summed E-state index contributed by atoms with van der Waals surface area (Å²) in [4.78, 5) is 12.4. The van der Waals surface area contributed by atoms with Crippen LogP contribution in [-0.2, 0) is 4.79 Å². The number of hydrogen-bond acceptors (Lipinski definition) is 3. The molecular formula is C22H32O2S. The minimum Gasteiger partial charge on any atom is -0.393 e. The maximum absolute atomic E-state index is 12.4. The van der Waals surface area contributed by atoms with E-state index in [1.54, 1.807) is 0 Å². The Morgan fingerprint density at radius 1 is 1.28 bits per heavy atom. The van der Waals surface area contributed by atoms with E-state index in [4.69, 9.17) is 0 Å². The number of thioether (sulfide) groups is 1. The number of ketones is 1. The van der Waals surface area contributed by atoms with Gasteiger partial charge < -0.3 is 5.11 Å². The monoisotopic (exact) mass is 360 g/mol. The zero-order valence-electron chi connectivity index (χ0n) is 15.8. The highest BCUT2D eigenvalue weighted by atomic mass is 32.2. The Morgan fingerprint density at radius 2 is 2.00 bits per heavy atom. The van der Waals surface area contributed by atoms with Gasteiger partial charge in [0.2, 0.25) is 0 Å². The molecule has 2 fully saturated rings. The van der Waals surface area contributed by atoms with E-state index < -0.39 is 0 Å². The zero-order valence-corrected chi connectivity index (χ0v) is 16.6. The summed E-state index contributed by atoms with van der Waals surface area (Å²) in [6.07, 6.45) is 5.45. The Labute approximate surface area is 156 Å². The van der Waals surface area contributed by atoms with E-state index in [-0.39, 0.29) is 22.9 Å². The molecule has 4 atom stereocenters. The first-order valence-corrected chi connectivity index (χ1v) is 10.8. The van der Waals surface area contributed by atoms with Gasteiger partial charge in [0, 0.05) is 23.3 Å². The molecule has 2 bridgehead atoms.